The van der Waals surface area contributed by atoms with Gasteiger partial charge in [0.1, 0.15) is 5.76 Å². The number of hydrogen-bond acceptors (Lipinski definition) is 5. The lowest BCUT2D eigenvalue weighted by atomic mass is 10.1. The van der Waals surface area contributed by atoms with Crippen LogP contribution in [0.15, 0.2) is 11.8 Å². The predicted molar refractivity (Wildman–Crippen MR) is 48.8 cm³/mol. The summed E-state index contributed by atoms with van der Waals surface area (Å²) in [6.07, 6.45) is 1.41. The maximum Gasteiger partial charge on any atom is 0.339 e. The molecule has 0 amide bonds. The van der Waals surface area contributed by atoms with Crippen LogP contribution in [-0.2, 0) is 23.8 Å². The molecule has 0 spiro atoms. The highest BCUT2D eigenvalue weighted by atomic mass is 16.6. The Morgan fingerprint density at radius 3 is 2.47 bits per heavy atom. The Morgan fingerprint density at radius 1 is 1.33 bits per heavy atom. The van der Waals surface area contributed by atoms with E-state index in [0.29, 0.717) is 5.76 Å². The number of ketones is 1. The molecule has 0 aliphatic heterocycles. The summed E-state index contributed by atoms with van der Waals surface area (Å²) in [6.45, 7) is 0. The van der Waals surface area contributed by atoms with E-state index >= 15 is 0 Å². The van der Waals surface area contributed by atoms with Crippen molar-refractivity contribution in [1.29, 1.82) is 0 Å². The van der Waals surface area contributed by atoms with Gasteiger partial charge in [-0.15, -0.1) is 0 Å². The first kappa shape index (κ1) is 10.2. The monoisotopic (exact) mass is 212 g/mol. The van der Waals surface area contributed by atoms with Gasteiger partial charge in [0.15, 0.2) is 11.4 Å². The highest BCUT2D eigenvalue weighted by molar-refractivity contribution is 6.07. The molecule has 0 heterocycles. The number of carbonyl (C=O) groups is 2. The van der Waals surface area contributed by atoms with Gasteiger partial charge in [-0.3, -0.25) is 4.79 Å². The molecular formula is C10H12O5. The minimum absolute atomic E-state index is 0.135. The lowest BCUT2D eigenvalue weighted by Crippen LogP contribution is -2.33. The molecular weight excluding hydrogens is 200 g/mol. The third-order valence-electron chi connectivity index (χ3n) is 3.12. The summed E-state index contributed by atoms with van der Waals surface area (Å²) in [5, 5.41) is 0. The van der Waals surface area contributed by atoms with E-state index in [9.17, 15) is 9.59 Å². The maximum absolute atomic E-state index is 11.6. The van der Waals surface area contributed by atoms with Crippen LogP contribution in [0, 0.1) is 11.8 Å². The Balaban J connectivity index is 2.32. The molecule has 5 heteroatoms. The molecule has 82 valence electrons. The van der Waals surface area contributed by atoms with Crippen molar-refractivity contribution in [2.45, 2.75) is 5.60 Å². The van der Waals surface area contributed by atoms with Gasteiger partial charge in [0.05, 0.1) is 26.1 Å². The van der Waals surface area contributed by atoms with E-state index in [1.54, 1.807) is 0 Å². The van der Waals surface area contributed by atoms with Gasteiger partial charge >= 0.3 is 5.97 Å². The van der Waals surface area contributed by atoms with Gasteiger partial charge in [0.25, 0.3) is 0 Å². The van der Waals surface area contributed by atoms with Crippen LogP contribution in [0.1, 0.15) is 0 Å². The summed E-state index contributed by atoms with van der Waals surface area (Å²) in [5.74, 6) is -0.935. The molecule has 0 radical (unpaired) electrons. The van der Waals surface area contributed by atoms with Crippen LogP contribution in [-0.4, -0.2) is 38.7 Å². The van der Waals surface area contributed by atoms with Crippen molar-refractivity contribution in [3.8, 4) is 0 Å². The number of fused-ring (bicyclic) bond motifs is 1. The third kappa shape index (κ3) is 1.01. The Kier molecular flexibility index (Phi) is 2.08. The van der Waals surface area contributed by atoms with Gasteiger partial charge in [-0.25, -0.2) is 4.79 Å². The molecule has 3 atom stereocenters. The zero-order chi connectivity index (χ0) is 11.2. The van der Waals surface area contributed by atoms with Gasteiger partial charge in [0, 0.05) is 13.2 Å². The van der Waals surface area contributed by atoms with Crippen molar-refractivity contribution in [3.63, 3.8) is 0 Å². The summed E-state index contributed by atoms with van der Waals surface area (Å²) < 4.78 is 14.8. The van der Waals surface area contributed by atoms with E-state index in [0.717, 1.165) is 0 Å². The van der Waals surface area contributed by atoms with Crippen molar-refractivity contribution in [3.05, 3.63) is 11.8 Å². The van der Waals surface area contributed by atoms with Gasteiger partial charge in [0.2, 0.25) is 0 Å². The Hall–Kier alpha value is -1.36. The molecule has 0 bridgehead atoms. The lowest BCUT2D eigenvalue weighted by molar-refractivity contribution is -0.158. The summed E-state index contributed by atoms with van der Waals surface area (Å²) in [6, 6.07) is 0. The van der Waals surface area contributed by atoms with Crippen molar-refractivity contribution in [2.75, 3.05) is 21.3 Å². The Morgan fingerprint density at radius 2 is 2.00 bits per heavy atom. The average Bonchev–Trinajstić information content (AvgIpc) is 2.83. The van der Waals surface area contributed by atoms with Crippen LogP contribution in [0.5, 0.6) is 0 Å². The fourth-order valence-corrected chi connectivity index (χ4v) is 2.37. The predicted octanol–water partition coefficient (Wildman–Crippen LogP) is -0.0964. The van der Waals surface area contributed by atoms with E-state index in [1.165, 1.54) is 27.4 Å². The minimum Gasteiger partial charge on any atom is -0.501 e. The van der Waals surface area contributed by atoms with Crippen LogP contribution < -0.4 is 0 Å². The van der Waals surface area contributed by atoms with Crippen LogP contribution in [0.2, 0.25) is 0 Å². The second kappa shape index (κ2) is 3.06. The molecule has 1 saturated carbocycles. The maximum atomic E-state index is 11.6. The number of ether oxygens (including phenoxy) is 3. The van der Waals surface area contributed by atoms with Crippen LogP contribution in [0.4, 0.5) is 0 Å². The van der Waals surface area contributed by atoms with E-state index in [1.807, 2.05) is 0 Å². The molecule has 0 aromatic rings. The SMILES string of the molecule is COC(=O)[C@]1(OC)[C@@H]2C(=O)C=C(OC)[C@@H]21. The largest absolute Gasteiger partial charge is 0.501 e. The number of esters is 1. The number of allylic oxidation sites excluding steroid dienone is 1. The Labute approximate surface area is 87.0 Å². The number of rotatable bonds is 3. The van der Waals surface area contributed by atoms with E-state index < -0.39 is 17.5 Å². The fourth-order valence-electron chi connectivity index (χ4n) is 2.37. The molecule has 15 heavy (non-hydrogen) atoms. The zero-order valence-electron chi connectivity index (χ0n) is 8.77. The summed E-state index contributed by atoms with van der Waals surface area (Å²) >= 11 is 0. The normalized spacial score (nSPS) is 37.0. The van der Waals surface area contributed by atoms with E-state index in [4.69, 9.17) is 9.47 Å². The summed E-state index contributed by atoms with van der Waals surface area (Å²) in [4.78, 5) is 23.1. The summed E-state index contributed by atoms with van der Waals surface area (Å²) in [7, 11) is 4.14. The molecule has 2 rings (SSSR count). The molecule has 2 aliphatic carbocycles. The van der Waals surface area contributed by atoms with Gasteiger partial charge in [-0.05, 0) is 0 Å². The van der Waals surface area contributed by atoms with Crippen molar-refractivity contribution in [2.24, 2.45) is 11.8 Å². The van der Waals surface area contributed by atoms with Crippen LogP contribution >= 0.6 is 0 Å². The standard InChI is InChI=1S/C10H12O5/c1-13-6-4-5(11)7-8(6)10(7,15-3)9(12)14-2/h4,7-8H,1-3H3/t7-,8+,10+/m1/s1. The fraction of sp³-hybridized carbons (Fsp3) is 0.600. The topological polar surface area (TPSA) is 61.8 Å². The smallest absolute Gasteiger partial charge is 0.339 e. The quantitative estimate of drug-likeness (QED) is 0.611. The minimum atomic E-state index is -1.15. The molecule has 2 aliphatic rings. The highest BCUT2D eigenvalue weighted by Crippen LogP contribution is 2.61. The van der Waals surface area contributed by atoms with E-state index in [-0.39, 0.29) is 11.7 Å². The summed E-state index contributed by atoms with van der Waals surface area (Å²) in [5.41, 5.74) is -1.15. The lowest BCUT2D eigenvalue weighted by Gasteiger charge is -2.15. The molecule has 0 aromatic heterocycles. The molecule has 1 fully saturated rings. The Bertz CT molecular complexity index is 359. The van der Waals surface area contributed by atoms with Crippen molar-refractivity contribution >= 4 is 11.8 Å². The second-order valence-electron chi connectivity index (χ2n) is 3.60. The van der Waals surface area contributed by atoms with Crippen LogP contribution in [0.25, 0.3) is 0 Å². The first-order valence-corrected chi connectivity index (χ1v) is 4.56. The first-order valence-electron chi connectivity index (χ1n) is 4.56. The van der Waals surface area contributed by atoms with Crippen LogP contribution in [0.3, 0.4) is 0 Å². The average molecular weight is 212 g/mol. The zero-order valence-corrected chi connectivity index (χ0v) is 8.77. The molecule has 0 aromatic carbocycles. The number of hydrogen-bond donors (Lipinski definition) is 0. The van der Waals surface area contributed by atoms with E-state index in [2.05, 4.69) is 4.74 Å². The van der Waals surface area contributed by atoms with Crippen molar-refractivity contribution < 1.29 is 23.8 Å². The highest BCUT2D eigenvalue weighted by Gasteiger charge is 2.78. The number of methoxy groups -OCH3 is 3. The molecule has 0 unspecified atom stereocenters. The molecule has 0 N–H and O–H groups in total. The van der Waals surface area contributed by atoms with Crippen molar-refractivity contribution in [1.82, 2.24) is 0 Å². The van der Waals surface area contributed by atoms with Gasteiger partial charge < -0.3 is 14.2 Å². The molecule has 5 nitrogen and oxygen atoms in total. The molecule has 0 saturated heterocycles. The third-order valence-corrected chi connectivity index (χ3v) is 3.12. The second-order valence-corrected chi connectivity index (χ2v) is 3.60. The van der Waals surface area contributed by atoms with Gasteiger partial charge in [-0.2, -0.15) is 0 Å². The van der Waals surface area contributed by atoms with Gasteiger partial charge in [-0.1, -0.05) is 0 Å². The first-order chi connectivity index (χ1) is 7.13. The number of carbonyl (C=O) groups excluding carboxylic acids is 2.